The minimum absolute atomic E-state index is 0. The Hall–Kier alpha value is -0.266. The van der Waals surface area contributed by atoms with Crippen molar-refractivity contribution in [3.05, 3.63) is 0 Å². The number of Topliss-reactive ketones (excluding diaryl/α,β-unsaturated/α-hetero) is 1. The van der Waals surface area contributed by atoms with Crippen molar-refractivity contribution in [1.82, 2.24) is 0 Å². The largest absolute Gasteiger partial charge is 0.462 e. The zero-order valence-electron chi connectivity index (χ0n) is 16.7. The standard InChI is InChI=1S/C18H34O6.Ti/c1-8-13(5)22-12-16(19)18(17(20)21-11-4,23-14(6)9-2)24-15(7)10-3;/h13-15H,8-12H2,1-7H3;. The van der Waals surface area contributed by atoms with Crippen LogP contribution in [-0.2, 0) is 50.3 Å². The maximum absolute atomic E-state index is 12.8. The van der Waals surface area contributed by atoms with E-state index in [2.05, 4.69) is 0 Å². The Morgan fingerprint density at radius 1 is 0.840 bits per heavy atom. The van der Waals surface area contributed by atoms with E-state index in [1.165, 1.54) is 0 Å². The molecular weight excluding hydrogens is 360 g/mol. The Bertz CT molecular complexity index is 376. The molecule has 0 bridgehead atoms. The molecule has 0 aromatic heterocycles. The third kappa shape index (κ3) is 8.78. The molecule has 0 saturated heterocycles. The first-order chi connectivity index (χ1) is 11.3. The Morgan fingerprint density at radius 2 is 1.28 bits per heavy atom. The van der Waals surface area contributed by atoms with Crippen LogP contribution in [0.15, 0.2) is 0 Å². The Labute approximate surface area is 167 Å². The van der Waals surface area contributed by atoms with Gasteiger partial charge in [0.2, 0.25) is 5.78 Å². The van der Waals surface area contributed by atoms with Crippen LogP contribution >= 0.6 is 0 Å². The van der Waals surface area contributed by atoms with Gasteiger partial charge in [-0.3, -0.25) is 4.79 Å². The molecule has 0 rings (SSSR count). The summed E-state index contributed by atoms with van der Waals surface area (Å²) in [4.78, 5) is 25.4. The fraction of sp³-hybridized carbons (Fsp3) is 0.889. The molecule has 0 aliphatic heterocycles. The molecule has 0 N–H and O–H groups in total. The third-order valence-corrected chi connectivity index (χ3v) is 3.87. The van der Waals surface area contributed by atoms with E-state index in [1.807, 2.05) is 27.7 Å². The second kappa shape index (κ2) is 13.9. The van der Waals surface area contributed by atoms with Gasteiger partial charge in [-0.05, 0) is 47.0 Å². The molecular formula is C18H34O6Ti. The van der Waals surface area contributed by atoms with Gasteiger partial charge in [-0.2, -0.15) is 0 Å². The predicted molar refractivity (Wildman–Crippen MR) is 91.8 cm³/mol. The second-order valence-electron chi connectivity index (χ2n) is 5.96. The summed E-state index contributed by atoms with van der Waals surface area (Å²) in [5.41, 5.74) is 0. The van der Waals surface area contributed by atoms with Gasteiger partial charge in [0, 0.05) is 21.7 Å². The Balaban J connectivity index is 0. The Kier molecular flexibility index (Phi) is 15.0. The maximum Gasteiger partial charge on any atom is 0.375 e. The van der Waals surface area contributed by atoms with Crippen molar-refractivity contribution in [2.24, 2.45) is 0 Å². The Morgan fingerprint density at radius 3 is 1.64 bits per heavy atom. The number of hydrogen-bond acceptors (Lipinski definition) is 6. The summed E-state index contributed by atoms with van der Waals surface area (Å²) in [6.45, 7) is 12.8. The van der Waals surface area contributed by atoms with Gasteiger partial charge in [0.1, 0.15) is 6.61 Å². The van der Waals surface area contributed by atoms with Gasteiger partial charge in [0.05, 0.1) is 24.9 Å². The van der Waals surface area contributed by atoms with E-state index in [4.69, 9.17) is 18.9 Å². The van der Waals surface area contributed by atoms with E-state index in [-0.39, 0.29) is 53.2 Å². The van der Waals surface area contributed by atoms with Crippen LogP contribution in [0, 0.1) is 0 Å². The summed E-state index contributed by atoms with van der Waals surface area (Å²) in [5.74, 6) is -3.46. The average Bonchev–Trinajstić information content (AvgIpc) is 2.58. The molecule has 0 spiro atoms. The molecule has 146 valence electrons. The number of ether oxygens (including phenoxy) is 4. The van der Waals surface area contributed by atoms with Crippen LogP contribution in [0.1, 0.15) is 67.7 Å². The smallest absolute Gasteiger partial charge is 0.375 e. The molecule has 0 aromatic rings. The fourth-order valence-corrected chi connectivity index (χ4v) is 1.76. The molecule has 0 heterocycles. The molecule has 3 unspecified atom stereocenters. The zero-order chi connectivity index (χ0) is 18.8. The van der Waals surface area contributed by atoms with Gasteiger partial charge < -0.3 is 18.9 Å². The van der Waals surface area contributed by atoms with Crippen molar-refractivity contribution in [3.8, 4) is 0 Å². The number of carbonyl (C=O) groups is 2. The summed E-state index contributed by atoms with van der Waals surface area (Å²) in [6, 6.07) is 0. The first-order valence-corrected chi connectivity index (χ1v) is 8.94. The van der Waals surface area contributed by atoms with E-state index in [0.717, 1.165) is 6.42 Å². The van der Waals surface area contributed by atoms with Crippen molar-refractivity contribution in [3.63, 3.8) is 0 Å². The van der Waals surface area contributed by atoms with Crippen LogP contribution in [0.4, 0.5) is 0 Å². The first-order valence-electron chi connectivity index (χ1n) is 8.94. The van der Waals surface area contributed by atoms with Gasteiger partial charge in [-0.15, -0.1) is 0 Å². The predicted octanol–water partition coefficient (Wildman–Crippen LogP) is 3.26. The molecule has 0 aromatic carbocycles. The summed E-state index contributed by atoms with van der Waals surface area (Å²) >= 11 is 0. The summed E-state index contributed by atoms with van der Waals surface area (Å²) in [7, 11) is 0. The SMILES string of the molecule is CCOC(=O)C(OC(C)CC)(OC(C)CC)C(=O)COC(C)CC.[Ti]. The molecule has 25 heavy (non-hydrogen) atoms. The minimum atomic E-state index is -2.08. The van der Waals surface area contributed by atoms with Crippen LogP contribution in [0.25, 0.3) is 0 Å². The first kappa shape index (κ1) is 27.0. The normalized spacial score (nSPS) is 16.9. The number of rotatable bonds is 13. The number of esters is 1. The molecule has 7 heteroatoms. The second-order valence-corrected chi connectivity index (χ2v) is 5.96. The topological polar surface area (TPSA) is 71.1 Å². The molecule has 0 saturated carbocycles. The van der Waals surface area contributed by atoms with Crippen LogP contribution in [0.3, 0.4) is 0 Å². The van der Waals surface area contributed by atoms with Crippen LogP contribution in [-0.4, -0.2) is 49.1 Å². The molecule has 3 atom stereocenters. The van der Waals surface area contributed by atoms with Gasteiger partial charge in [-0.1, -0.05) is 20.8 Å². The van der Waals surface area contributed by atoms with E-state index < -0.39 is 17.5 Å². The minimum Gasteiger partial charge on any atom is -0.462 e. The van der Waals surface area contributed by atoms with E-state index in [9.17, 15) is 9.59 Å². The van der Waals surface area contributed by atoms with Gasteiger partial charge in [-0.25, -0.2) is 4.79 Å². The van der Waals surface area contributed by atoms with Gasteiger partial charge in [0.25, 0.3) is 0 Å². The molecule has 6 nitrogen and oxygen atoms in total. The van der Waals surface area contributed by atoms with Gasteiger partial charge in [0.15, 0.2) is 0 Å². The van der Waals surface area contributed by atoms with Crippen molar-refractivity contribution in [1.29, 1.82) is 0 Å². The fourth-order valence-electron chi connectivity index (χ4n) is 1.76. The molecule has 0 amide bonds. The van der Waals surface area contributed by atoms with E-state index >= 15 is 0 Å². The van der Waals surface area contributed by atoms with Crippen LogP contribution in [0.2, 0.25) is 0 Å². The third-order valence-electron chi connectivity index (χ3n) is 3.87. The van der Waals surface area contributed by atoms with Crippen molar-refractivity contribution in [2.45, 2.75) is 91.8 Å². The average molecular weight is 394 g/mol. The van der Waals surface area contributed by atoms with Crippen LogP contribution < -0.4 is 0 Å². The maximum atomic E-state index is 12.8. The van der Waals surface area contributed by atoms with E-state index in [0.29, 0.717) is 12.8 Å². The zero-order valence-corrected chi connectivity index (χ0v) is 18.3. The number of hydrogen-bond donors (Lipinski definition) is 0. The summed E-state index contributed by atoms with van der Waals surface area (Å²) in [5, 5.41) is 0. The van der Waals surface area contributed by atoms with Crippen LogP contribution in [0.5, 0.6) is 0 Å². The summed E-state index contributed by atoms with van der Waals surface area (Å²) in [6.07, 6.45) is 1.24. The monoisotopic (exact) mass is 394 g/mol. The molecule has 0 aliphatic rings. The number of ketones is 1. The quantitative estimate of drug-likeness (QED) is 0.207. The summed E-state index contributed by atoms with van der Waals surface area (Å²) < 4.78 is 22.1. The van der Waals surface area contributed by atoms with E-state index in [1.54, 1.807) is 20.8 Å². The molecule has 0 radical (unpaired) electrons. The van der Waals surface area contributed by atoms with Crippen molar-refractivity contribution < 1.29 is 50.3 Å². The van der Waals surface area contributed by atoms with Crippen molar-refractivity contribution >= 4 is 11.8 Å². The molecule has 0 fully saturated rings. The number of carbonyl (C=O) groups excluding carboxylic acids is 2. The van der Waals surface area contributed by atoms with Crippen molar-refractivity contribution in [2.75, 3.05) is 13.2 Å². The molecule has 0 aliphatic carbocycles. The van der Waals surface area contributed by atoms with Gasteiger partial charge >= 0.3 is 11.8 Å².